The quantitative estimate of drug-likeness (QED) is 0.794. The monoisotopic (exact) mass is 267 g/mol. The number of carbonyl (C=O) groups is 1. The highest BCUT2D eigenvalue weighted by molar-refractivity contribution is 5.76. The molecule has 3 nitrogen and oxygen atoms in total. The van der Waals surface area contributed by atoms with Gasteiger partial charge in [0.25, 0.3) is 0 Å². The van der Waals surface area contributed by atoms with Gasteiger partial charge in [-0.2, -0.15) is 0 Å². The molecule has 2 aliphatic carbocycles. The summed E-state index contributed by atoms with van der Waals surface area (Å²) in [6, 6.07) is -0.389. The molecule has 3 heteroatoms. The van der Waals surface area contributed by atoms with Crippen LogP contribution in [0.3, 0.4) is 0 Å². The predicted molar refractivity (Wildman–Crippen MR) is 76.7 cm³/mol. The van der Waals surface area contributed by atoms with Gasteiger partial charge < -0.3 is 10.5 Å². The van der Waals surface area contributed by atoms with E-state index in [1.165, 1.54) is 38.5 Å². The molecule has 3 unspecified atom stereocenters. The minimum atomic E-state index is -0.389. The minimum Gasteiger partial charge on any atom is -0.461 e. The lowest BCUT2D eigenvalue weighted by Crippen LogP contribution is -2.43. The molecule has 2 rings (SSSR count). The van der Waals surface area contributed by atoms with E-state index in [4.69, 9.17) is 10.5 Å². The molecule has 0 aromatic rings. The summed E-state index contributed by atoms with van der Waals surface area (Å²) in [5, 5.41) is 0. The highest BCUT2D eigenvalue weighted by atomic mass is 16.5. The molecule has 0 saturated heterocycles. The second kappa shape index (κ2) is 7.28. The Bertz CT molecular complexity index is 286. The lowest BCUT2D eigenvalue weighted by Gasteiger charge is -2.33. The third kappa shape index (κ3) is 3.95. The molecule has 2 N–H and O–H groups in total. The van der Waals surface area contributed by atoms with Gasteiger partial charge in [0.15, 0.2) is 0 Å². The van der Waals surface area contributed by atoms with Crippen LogP contribution >= 0.6 is 0 Å². The molecule has 2 fully saturated rings. The maximum absolute atomic E-state index is 12.2. The minimum absolute atomic E-state index is 0.126. The van der Waals surface area contributed by atoms with Crippen molar-refractivity contribution in [1.29, 1.82) is 0 Å². The number of hydrogen-bond donors (Lipinski definition) is 1. The molecule has 0 amide bonds. The first-order chi connectivity index (χ1) is 9.22. The Morgan fingerprint density at radius 1 is 1.11 bits per heavy atom. The van der Waals surface area contributed by atoms with E-state index in [1.807, 2.05) is 0 Å². The average molecular weight is 267 g/mol. The smallest absolute Gasteiger partial charge is 0.323 e. The Morgan fingerprint density at radius 3 is 2.42 bits per heavy atom. The summed E-state index contributed by atoms with van der Waals surface area (Å²) in [6.45, 7) is 2.19. The van der Waals surface area contributed by atoms with Crippen molar-refractivity contribution in [1.82, 2.24) is 0 Å². The standard InChI is InChI=1S/C16H29NO2/c1-2-12-8-6-7-11-14(12)19-16(18)15(17)13-9-4-3-5-10-13/h12-15H,2-11,17H2,1H3. The molecular weight excluding hydrogens is 238 g/mol. The third-order valence-electron chi connectivity index (χ3n) is 5.06. The fourth-order valence-corrected chi connectivity index (χ4v) is 3.71. The fraction of sp³-hybridized carbons (Fsp3) is 0.938. The van der Waals surface area contributed by atoms with Crippen LogP contribution in [0.2, 0.25) is 0 Å². The summed E-state index contributed by atoms with van der Waals surface area (Å²) in [5.74, 6) is 0.762. The fourth-order valence-electron chi connectivity index (χ4n) is 3.71. The number of hydrogen-bond acceptors (Lipinski definition) is 3. The zero-order valence-electron chi connectivity index (χ0n) is 12.3. The Hall–Kier alpha value is -0.570. The first-order valence-electron chi connectivity index (χ1n) is 8.18. The van der Waals surface area contributed by atoms with Crippen molar-refractivity contribution in [2.24, 2.45) is 17.6 Å². The zero-order chi connectivity index (χ0) is 13.7. The van der Waals surface area contributed by atoms with Crippen LogP contribution in [-0.2, 0) is 9.53 Å². The van der Waals surface area contributed by atoms with Crippen LogP contribution in [0, 0.1) is 11.8 Å². The van der Waals surface area contributed by atoms with Gasteiger partial charge in [-0.1, -0.05) is 32.6 Å². The van der Waals surface area contributed by atoms with Gasteiger partial charge in [0, 0.05) is 0 Å². The SMILES string of the molecule is CCC1CCCCC1OC(=O)C(N)C1CCCCC1. The average Bonchev–Trinajstić information content (AvgIpc) is 2.48. The van der Waals surface area contributed by atoms with Crippen LogP contribution in [0.5, 0.6) is 0 Å². The number of ether oxygens (including phenoxy) is 1. The van der Waals surface area contributed by atoms with Gasteiger partial charge in [-0.15, -0.1) is 0 Å². The van der Waals surface area contributed by atoms with Crippen molar-refractivity contribution in [3.05, 3.63) is 0 Å². The summed E-state index contributed by atoms with van der Waals surface area (Å²) >= 11 is 0. The van der Waals surface area contributed by atoms with Crippen LogP contribution in [0.25, 0.3) is 0 Å². The molecule has 0 bridgehead atoms. The van der Waals surface area contributed by atoms with E-state index in [0.717, 1.165) is 25.7 Å². The number of nitrogens with two attached hydrogens (primary N) is 1. The molecule has 0 radical (unpaired) electrons. The van der Waals surface area contributed by atoms with Crippen molar-refractivity contribution >= 4 is 5.97 Å². The summed E-state index contributed by atoms with van der Waals surface area (Å²) < 4.78 is 5.75. The normalized spacial score (nSPS) is 30.8. The molecular formula is C16H29NO2. The summed E-state index contributed by atoms with van der Waals surface area (Å²) in [5.41, 5.74) is 6.12. The van der Waals surface area contributed by atoms with E-state index < -0.39 is 0 Å². The van der Waals surface area contributed by atoms with E-state index >= 15 is 0 Å². The molecule has 0 heterocycles. The lowest BCUT2D eigenvalue weighted by atomic mass is 9.83. The second-order valence-electron chi connectivity index (χ2n) is 6.35. The van der Waals surface area contributed by atoms with Gasteiger partial charge >= 0.3 is 5.97 Å². The summed E-state index contributed by atoms with van der Waals surface area (Å²) in [6.07, 6.45) is 11.8. The van der Waals surface area contributed by atoms with Gasteiger partial charge in [-0.25, -0.2) is 0 Å². The van der Waals surface area contributed by atoms with Gasteiger partial charge in [-0.05, 0) is 50.4 Å². The zero-order valence-corrected chi connectivity index (χ0v) is 12.3. The summed E-state index contributed by atoms with van der Waals surface area (Å²) in [4.78, 5) is 12.2. The van der Waals surface area contributed by atoms with Crippen molar-refractivity contribution < 1.29 is 9.53 Å². The number of rotatable bonds is 4. The first-order valence-corrected chi connectivity index (χ1v) is 8.18. The van der Waals surface area contributed by atoms with Gasteiger partial charge in [0.2, 0.25) is 0 Å². The van der Waals surface area contributed by atoms with E-state index in [1.54, 1.807) is 0 Å². The molecule has 110 valence electrons. The van der Waals surface area contributed by atoms with Crippen molar-refractivity contribution in [2.75, 3.05) is 0 Å². The van der Waals surface area contributed by atoms with Gasteiger partial charge in [0.05, 0.1) is 0 Å². The van der Waals surface area contributed by atoms with E-state index in [2.05, 4.69) is 6.92 Å². The van der Waals surface area contributed by atoms with Crippen LogP contribution in [0.4, 0.5) is 0 Å². The van der Waals surface area contributed by atoms with E-state index in [-0.39, 0.29) is 18.1 Å². The highest BCUT2D eigenvalue weighted by Gasteiger charge is 2.32. The van der Waals surface area contributed by atoms with Crippen molar-refractivity contribution in [3.63, 3.8) is 0 Å². The molecule has 3 atom stereocenters. The number of carbonyl (C=O) groups excluding carboxylic acids is 1. The summed E-state index contributed by atoms with van der Waals surface area (Å²) in [7, 11) is 0. The largest absolute Gasteiger partial charge is 0.461 e. The highest BCUT2D eigenvalue weighted by Crippen LogP contribution is 2.31. The third-order valence-corrected chi connectivity index (χ3v) is 5.06. The van der Waals surface area contributed by atoms with Crippen LogP contribution in [0.1, 0.15) is 71.1 Å². The van der Waals surface area contributed by atoms with Gasteiger partial charge in [-0.3, -0.25) is 4.79 Å². The van der Waals surface area contributed by atoms with Crippen LogP contribution in [0.15, 0.2) is 0 Å². The Balaban J connectivity index is 1.84. The maximum Gasteiger partial charge on any atom is 0.323 e. The van der Waals surface area contributed by atoms with Crippen LogP contribution < -0.4 is 5.73 Å². The Kier molecular flexibility index (Phi) is 5.68. The molecule has 19 heavy (non-hydrogen) atoms. The predicted octanol–water partition coefficient (Wildman–Crippen LogP) is 3.41. The molecule has 2 aliphatic rings. The Morgan fingerprint density at radius 2 is 1.74 bits per heavy atom. The molecule has 0 aliphatic heterocycles. The Labute approximate surface area is 117 Å². The van der Waals surface area contributed by atoms with Crippen LogP contribution in [-0.4, -0.2) is 18.1 Å². The molecule has 0 aromatic carbocycles. The number of esters is 1. The van der Waals surface area contributed by atoms with E-state index in [0.29, 0.717) is 11.8 Å². The van der Waals surface area contributed by atoms with Gasteiger partial charge in [0.1, 0.15) is 12.1 Å². The van der Waals surface area contributed by atoms with Crippen molar-refractivity contribution in [3.8, 4) is 0 Å². The van der Waals surface area contributed by atoms with E-state index in [9.17, 15) is 4.79 Å². The van der Waals surface area contributed by atoms with Crippen molar-refractivity contribution in [2.45, 2.75) is 83.3 Å². The second-order valence-corrected chi connectivity index (χ2v) is 6.35. The topological polar surface area (TPSA) is 52.3 Å². The molecule has 0 aromatic heterocycles. The maximum atomic E-state index is 12.2. The lowest BCUT2D eigenvalue weighted by molar-refractivity contribution is -0.157. The first kappa shape index (κ1) is 14.8. The molecule has 0 spiro atoms. The molecule has 2 saturated carbocycles.